The molecule has 2 rings (SSSR count). The van der Waals surface area contributed by atoms with Gasteiger partial charge in [-0.1, -0.05) is 13.8 Å². The quantitative estimate of drug-likeness (QED) is 0.802. The van der Waals surface area contributed by atoms with Crippen LogP contribution in [-0.4, -0.2) is 42.0 Å². The molecule has 6 nitrogen and oxygen atoms in total. The lowest BCUT2D eigenvalue weighted by Gasteiger charge is -2.39. The van der Waals surface area contributed by atoms with Crippen LogP contribution >= 0.6 is 7.52 Å². The van der Waals surface area contributed by atoms with Gasteiger partial charge in [0.05, 0.1) is 19.0 Å². The average molecular weight is 341 g/mol. The fourth-order valence-corrected chi connectivity index (χ4v) is 5.21. The first-order chi connectivity index (χ1) is 10.9. The van der Waals surface area contributed by atoms with Crippen LogP contribution in [0.2, 0.25) is 0 Å². The molecular formula is C16H24NO5P. The molecule has 1 N–H and O–H groups in total. The van der Waals surface area contributed by atoms with Crippen LogP contribution in [0.3, 0.4) is 0 Å². The van der Waals surface area contributed by atoms with Crippen LogP contribution < -0.4 is 10.0 Å². The predicted molar refractivity (Wildman–Crippen MR) is 88.4 cm³/mol. The highest BCUT2D eigenvalue weighted by Crippen LogP contribution is 2.54. The second kappa shape index (κ2) is 7.47. The lowest BCUT2D eigenvalue weighted by Crippen LogP contribution is -2.45. The molecular weight excluding hydrogens is 317 g/mol. The summed E-state index contributed by atoms with van der Waals surface area (Å²) >= 11 is 0. The summed E-state index contributed by atoms with van der Waals surface area (Å²) in [4.78, 5) is 11.7. The van der Waals surface area contributed by atoms with Crippen LogP contribution in [0.4, 0.5) is 0 Å². The van der Waals surface area contributed by atoms with Crippen molar-refractivity contribution in [1.82, 2.24) is 4.67 Å². The van der Waals surface area contributed by atoms with Crippen molar-refractivity contribution in [3.63, 3.8) is 0 Å². The molecule has 0 radical (unpaired) electrons. The van der Waals surface area contributed by atoms with E-state index in [1.165, 1.54) is 0 Å². The lowest BCUT2D eigenvalue weighted by atomic mass is 10.0. The molecule has 128 valence electrons. The number of carboxylic acid groups (broad SMARTS) is 1. The molecule has 1 saturated heterocycles. The summed E-state index contributed by atoms with van der Waals surface area (Å²) in [5.41, 5.74) is 0. The van der Waals surface area contributed by atoms with Gasteiger partial charge in [0.1, 0.15) is 11.8 Å². The van der Waals surface area contributed by atoms with E-state index < -0.39 is 19.5 Å². The van der Waals surface area contributed by atoms with Crippen molar-refractivity contribution in [3.8, 4) is 5.75 Å². The van der Waals surface area contributed by atoms with Gasteiger partial charge in [0.15, 0.2) is 0 Å². The third-order valence-corrected chi connectivity index (χ3v) is 6.51. The van der Waals surface area contributed by atoms with Gasteiger partial charge in [-0.05, 0) is 43.0 Å². The Balaban J connectivity index is 2.38. The fraction of sp³-hybridized carbons (Fsp3) is 0.562. The largest absolute Gasteiger partial charge is 0.497 e. The van der Waals surface area contributed by atoms with E-state index in [4.69, 9.17) is 9.26 Å². The van der Waals surface area contributed by atoms with Gasteiger partial charge in [-0.2, -0.15) is 0 Å². The highest BCUT2D eigenvalue weighted by Gasteiger charge is 2.43. The van der Waals surface area contributed by atoms with Gasteiger partial charge in [0.2, 0.25) is 0 Å². The maximum atomic E-state index is 13.5. The normalized spacial score (nSPS) is 23.7. The molecule has 0 amide bonds. The monoisotopic (exact) mass is 341 g/mol. The van der Waals surface area contributed by atoms with Crippen molar-refractivity contribution in [2.45, 2.75) is 32.7 Å². The zero-order valence-corrected chi connectivity index (χ0v) is 14.7. The Morgan fingerprint density at radius 2 is 2.04 bits per heavy atom. The molecule has 1 aliphatic heterocycles. The first-order valence-corrected chi connectivity index (χ1v) is 9.35. The van der Waals surface area contributed by atoms with Crippen molar-refractivity contribution >= 4 is 18.8 Å². The molecule has 0 bridgehead atoms. The van der Waals surface area contributed by atoms with Gasteiger partial charge in [0.25, 0.3) is 0 Å². The molecule has 7 heteroatoms. The molecule has 1 aromatic carbocycles. The van der Waals surface area contributed by atoms with Crippen LogP contribution in [0.25, 0.3) is 0 Å². The number of ether oxygens (including phenoxy) is 1. The van der Waals surface area contributed by atoms with Crippen molar-refractivity contribution in [3.05, 3.63) is 24.3 Å². The standard InChI is InChI=1S/C16H24NO5P/c1-12(2)11-15(16(18)19)17-9-4-10-22-23(17,20)14-7-5-13(21-3)6-8-14/h5-8,12,15H,4,9-11H2,1-3H3,(H,18,19)/t15-,23?/m1/s1. The van der Waals surface area contributed by atoms with Crippen LogP contribution in [0, 0.1) is 5.92 Å². The van der Waals surface area contributed by atoms with Crippen LogP contribution in [-0.2, 0) is 13.9 Å². The zero-order chi connectivity index (χ0) is 17.0. The third kappa shape index (κ3) is 3.94. The van der Waals surface area contributed by atoms with Gasteiger partial charge >= 0.3 is 13.5 Å². The Hall–Kier alpha value is -1.36. The molecule has 1 heterocycles. The molecule has 1 fully saturated rings. The summed E-state index contributed by atoms with van der Waals surface area (Å²) in [6, 6.07) is 5.98. The number of nitrogens with zero attached hydrogens (tertiary/aromatic N) is 1. The highest BCUT2D eigenvalue weighted by molar-refractivity contribution is 7.64. The Morgan fingerprint density at radius 3 is 2.57 bits per heavy atom. The van der Waals surface area contributed by atoms with E-state index in [2.05, 4.69) is 0 Å². The Kier molecular flexibility index (Phi) is 5.84. The van der Waals surface area contributed by atoms with Gasteiger partial charge in [-0.15, -0.1) is 0 Å². The first-order valence-electron chi connectivity index (χ1n) is 7.77. The SMILES string of the molecule is COc1ccc(P2(=O)OCCCN2[C@H](CC(C)C)C(=O)O)cc1. The summed E-state index contributed by atoms with van der Waals surface area (Å²) < 4.78 is 25.8. The van der Waals surface area contributed by atoms with E-state index in [1.807, 2.05) is 13.8 Å². The second-order valence-electron chi connectivity index (χ2n) is 6.05. The minimum atomic E-state index is -3.38. The second-order valence-corrected chi connectivity index (χ2v) is 8.38. The summed E-state index contributed by atoms with van der Waals surface area (Å²) in [6.07, 6.45) is 1.10. The topological polar surface area (TPSA) is 76.1 Å². The molecule has 0 spiro atoms. The van der Waals surface area contributed by atoms with Crippen LogP contribution in [0.15, 0.2) is 24.3 Å². The van der Waals surface area contributed by atoms with Crippen molar-refractivity contribution in [1.29, 1.82) is 0 Å². The van der Waals surface area contributed by atoms with E-state index in [9.17, 15) is 14.5 Å². The van der Waals surface area contributed by atoms with E-state index in [-0.39, 0.29) is 5.92 Å². The summed E-state index contributed by atoms with van der Waals surface area (Å²) in [7, 11) is -1.82. The third-order valence-electron chi connectivity index (χ3n) is 3.87. The number of benzene rings is 1. The van der Waals surface area contributed by atoms with E-state index in [0.29, 0.717) is 37.0 Å². The number of hydrogen-bond donors (Lipinski definition) is 1. The van der Waals surface area contributed by atoms with Crippen LogP contribution in [0.1, 0.15) is 26.7 Å². The van der Waals surface area contributed by atoms with Gasteiger partial charge in [-0.25, -0.2) is 4.67 Å². The molecule has 2 atom stereocenters. The molecule has 23 heavy (non-hydrogen) atoms. The Morgan fingerprint density at radius 1 is 1.39 bits per heavy atom. The molecule has 1 aliphatic rings. The minimum Gasteiger partial charge on any atom is -0.497 e. The molecule has 0 aromatic heterocycles. The number of rotatable bonds is 6. The molecule has 0 aliphatic carbocycles. The minimum absolute atomic E-state index is 0.183. The van der Waals surface area contributed by atoms with Gasteiger partial charge in [0, 0.05) is 6.54 Å². The smallest absolute Gasteiger partial charge is 0.321 e. The summed E-state index contributed by atoms with van der Waals surface area (Å²) in [5.74, 6) is -0.124. The fourth-order valence-electron chi connectivity index (χ4n) is 2.75. The van der Waals surface area contributed by atoms with Crippen molar-refractivity contribution < 1.29 is 23.7 Å². The number of hydrogen-bond acceptors (Lipinski definition) is 4. The van der Waals surface area contributed by atoms with E-state index in [1.54, 1.807) is 36.0 Å². The number of carboxylic acids is 1. The maximum absolute atomic E-state index is 13.5. The highest BCUT2D eigenvalue weighted by atomic mass is 31.2. The molecule has 1 aromatic rings. The maximum Gasteiger partial charge on any atom is 0.321 e. The Bertz CT molecular complexity index is 587. The van der Waals surface area contributed by atoms with Crippen molar-refractivity contribution in [2.75, 3.05) is 20.3 Å². The summed E-state index contributed by atoms with van der Waals surface area (Å²) in [5, 5.41) is 10.1. The first kappa shape index (κ1) is 18.0. The molecule has 0 saturated carbocycles. The average Bonchev–Trinajstić information content (AvgIpc) is 2.53. The predicted octanol–water partition coefficient (Wildman–Crippen LogP) is 2.74. The number of carbonyl (C=O) groups is 1. The lowest BCUT2D eigenvalue weighted by molar-refractivity contribution is -0.142. The van der Waals surface area contributed by atoms with Gasteiger partial charge < -0.3 is 14.4 Å². The number of aliphatic carboxylic acids is 1. The molecule has 1 unspecified atom stereocenters. The van der Waals surface area contributed by atoms with Gasteiger partial charge in [-0.3, -0.25) is 9.36 Å². The van der Waals surface area contributed by atoms with E-state index in [0.717, 1.165) is 0 Å². The number of methoxy groups -OCH3 is 1. The summed E-state index contributed by atoms with van der Waals surface area (Å²) in [6.45, 7) is 4.74. The van der Waals surface area contributed by atoms with Crippen molar-refractivity contribution in [2.24, 2.45) is 5.92 Å². The Labute approximate surface area is 136 Å². The van der Waals surface area contributed by atoms with Crippen LogP contribution in [0.5, 0.6) is 5.75 Å². The van der Waals surface area contributed by atoms with E-state index >= 15 is 0 Å². The zero-order valence-electron chi connectivity index (χ0n) is 13.8.